The molecule has 17 rings (SSSR count). The summed E-state index contributed by atoms with van der Waals surface area (Å²) in [5, 5.41) is 2.78. The zero-order valence-electron chi connectivity index (χ0n) is 60.3. The van der Waals surface area contributed by atoms with Gasteiger partial charge in [0, 0.05) is 113 Å². The molecule has 0 amide bonds. The van der Waals surface area contributed by atoms with Crippen LogP contribution in [-0.2, 0) is 17.1 Å². The van der Waals surface area contributed by atoms with Crippen LogP contribution in [0.5, 0.6) is 46.0 Å². The van der Waals surface area contributed by atoms with Crippen molar-refractivity contribution in [2.75, 3.05) is 76.5 Å². The van der Waals surface area contributed by atoms with Gasteiger partial charge in [-0.15, -0.1) is 0 Å². The summed E-state index contributed by atoms with van der Waals surface area (Å²) in [5.74, 6) is 7.16. The topological polar surface area (TPSA) is 192 Å². The van der Waals surface area contributed by atoms with Crippen LogP contribution in [0.2, 0.25) is 0 Å². The van der Waals surface area contributed by atoms with Crippen LogP contribution in [0.15, 0.2) is 267 Å². The molecule has 0 N–H and O–H groups in total. The number of hydrogen-bond acceptors (Lipinski definition) is 18. The van der Waals surface area contributed by atoms with E-state index in [4.69, 9.17) is 77.8 Å². The van der Waals surface area contributed by atoms with Crippen LogP contribution in [0.25, 0.3) is 89.7 Å². The standard InChI is InChI=1S/C88H68N12O8.Cu/c1-101-65-29-9-53(10-30-65)97(54-11-31-66(102-2)32-12-54)61-25-45-73-77(49-61)85-89-81(73)94-86-79-51-63(99(57-17-37-69(105-5)38-18-57)58-19-39-70(106-6)40-20-58)27-47-75(79)83(91-86)96-88-80-52-64(100(59-21-41-71(107-7)42-22-59)60-23-43-72(108-8)44-24-60)28-48-76(80)84(92-88)95-87-78-50-62(26-46-74(78)82(90-87)93-85)98(55-13-33-67(103-3)34-14-55)56-15-35-68(104-4)36-16-56;/h9-52H,1-8H3;/q-2;+2. The van der Waals surface area contributed by atoms with E-state index in [1.54, 1.807) is 56.9 Å². The summed E-state index contributed by atoms with van der Waals surface area (Å²) < 4.78 is 45.3. The Morgan fingerprint density at radius 1 is 0.193 bits per heavy atom. The first-order valence-corrected chi connectivity index (χ1v) is 34.7. The average Bonchev–Trinajstić information content (AvgIpc) is 1.59. The van der Waals surface area contributed by atoms with Gasteiger partial charge in [-0.3, -0.25) is 0 Å². The summed E-state index contributed by atoms with van der Waals surface area (Å²) in [6, 6.07) is 88.3. The number of nitrogens with zero attached hydrogens (tertiary/aromatic N) is 12. The molecule has 3 aromatic heterocycles. The fourth-order valence-corrected chi connectivity index (χ4v) is 13.8. The van der Waals surface area contributed by atoms with E-state index in [0.29, 0.717) is 136 Å². The first-order chi connectivity index (χ1) is 53.1. The number of hydrogen-bond donors (Lipinski definition) is 0. The second-order valence-corrected chi connectivity index (χ2v) is 25.3. The SMILES string of the molecule is COc1ccc(N(c2ccc(OC)cc2)c2ccc3c(c2)-c2nc-3nc3[n-]c(nc4nc(nc5[n-]c(n2)c2ccc(N(c6ccc(OC)cc6)c6ccc(OC)cc6)cc52)-c2ccc(N(c5ccc(OC)cc5)c5ccc(OC)cc5)cc2-4)c2ccc(N(c4ccc(OC)cc4)c4ccc(OC)cc4)cc32)cc1.[Cu+2]. The molecule has 21 heteroatoms. The normalized spacial score (nSPS) is 11.2. The van der Waals surface area contributed by atoms with Crippen molar-refractivity contribution in [1.82, 2.24) is 39.9 Å². The Morgan fingerprint density at radius 3 is 0.596 bits per heavy atom. The molecule has 0 unspecified atom stereocenters. The number of anilines is 12. The van der Waals surface area contributed by atoms with Crippen molar-refractivity contribution in [3.8, 4) is 91.5 Å². The average molecular weight is 1490 g/mol. The molecule has 1 radical (unpaired) electrons. The van der Waals surface area contributed by atoms with Crippen molar-refractivity contribution in [3.05, 3.63) is 267 Å². The molecule has 0 spiro atoms. The molecule has 539 valence electrons. The Kier molecular flexibility index (Phi) is 18.9. The van der Waals surface area contributed by atoms with Crippen molar-refractivity contribution in [2.24, 2.45) is 0 Å². The van der Waals surface area contributed by atoms with Crippen molar-refractivity contribution in [1.29, 1.82) is 0 Å². The van der Waals surface area contributed by atoms with Gasteiger partial charge < -0.3 is 87.4 Å². The Hall–Kier alpha value is -13.9. The molecule has 0 saturated carbocycles. The minimum Gasteiger partial charge on any atom is -0.497 e. The zero-order chi connectivity index (χ0) is 73.5. The van der Waals surface area contributed by atoms with Crippen LogP contribution in [0.1, 0.15) is 0 Å². The van der Waals surface area contributed by atoms with Crippen molar-refractivity contribution in [3.63, 3.8) is 0 Å². The summed E-state index contributed by atoms with van der Waals surface area (Å²) in [6.07, 6.45) is 0. The minimum atomic E-state index is 0. The predicted molar refractivity (Wildman–Crippen MR) is 425 cm³/mol. The van der Waals surface area contributed by atoms with Gasteiger partial charge in [-0.25, -0.2) is 9.97 Å². The third-order valence-corrected chi connectivity index (χ3v) is 19.3. The van der Waals surface area contributed by atoms with Crippen LogP contribution in [0, 0.1) is 0 Å². The molecule has 0 fully saturated rings. The number of aromatic nitrogens is 8. The quantitative estimate of drug-likeness (QED) is 0.0654. The van der Waals surface area contributed by atoms with Crippen LogP contribution < -0.4 is 67.5 Å². The number of benzene rings is 12. The fourth-order valence-electron chi connectivity index (χ4n) is 13.8. The predicted octanol–water partition coefficient (Wildman–Crippen LogP) is 20.1. The first-order valence-electron chi connectivity index (χ1n) is 34.7. The second-order valence-electron chi connectivity index (χ2n) is 25.3. The van der Waals surface area contributed by atoms with E-state index in [1.165, 1.54) is 0 Å². The molecule has 8 bridgehead atoms. The molecule has 0 saturated heterocycles. The smallest absolute Gasteiger partial charge is 0.497 e. The second kappa shape index (κ2) is 29.6. The Morgan fingerprint density at radius 2 is 0.376 bits per heavy atom. The van der Waals surface area contributed by atoms with E-state index >= 15 is 0 Å². The van der Waals surface area contributed by atoms with Crippen LogP contribution in [0.4, 0.5) is 68.2 Å². The van der Waals surface area contributed by atoms with Gasteiger partial charge >= 0.3 is 17.1 Å². The maximum absolute atomic E-state index is 5.66. The molecule has 2 aliphatic rings. The molecular formula is C88H68CuN12O8. The van der Waals surface area contributed by atoms with E-state index in [0.717, 1.165) is 68.2 Å². The number of fused-ring (bicyclic) bond motifs is 20. The van der Waals surface area contributed by atoms with Gasteiger partial charge in [0.15, 0.2) is 0 Å². The third-order valence-electron chi connectivity index (χ3n) is 19.3. The largest absolute Gasteiger partial charge is 2.00 e. The molecule has 0 aliphatic carbocycles. The van der Waals surface area contributed by atoms with Gasteiger partial charge in [-0.05, 0) is 276 Å². The molecule has 20 nitrogen and oxygen atoms in total. The van der Waals surface area contributed by atoms with Gasteiger partial charge in [0.1, 0.15) is 46.0 Å². The van der Waals surface area contributed by atoms with Crippen molar-refractivity contribution in [2.45, 2.75) is 0 Å². The molecule has 2 aliphatic heterocycles. The molecule has 15 aromatic rings. The maximum atomic E-state index is 5.66. The van der Waals surface area contributed by atoms with E-state index < -0.39 is 0 Å². The molecule has 12 aromatic carbocycles. The van der Waals surface area contributed by atoms with E-state index in [9.17, 15) is 0 Å². The van der Waals surface area contributed by atoms with Crippen LogP contribution in [0.3, 0.4) is 0 Å². The number of methoxy groups -OCH3 is 8. The van der Waals surface area contributed by atoms with E-state index in [1.807, 2.05) is 218 Å². The Bertz CT molecular complexity index is 5490. The van der Waals surface area contributed by atoms with Gasteiger partial charge in [0.25, 0.3) is 0 Å². The van der Waals surface area contributed by atoms with Gasteiger partial charge in [0.05, 0.1) is 80.2 Å². The zero-order valence-corrected chi connectivity index (χ0v) is 61.3. The molecule has 0 atom stereocenters. The van der Waals surface area contributed by atoms with E-state index in [2.05, 4.69) is 68.1 Å². The van der Waals surface area contributed by atoms with Crippen molar-refractivity contribution < 1.29 is 55.0 Å². The summed E-state index contributed by atoms with van der Waals surface area (Å²) in [5.41, 5.74) is 14.4. The summed E-state index contributed by atoms with van der Waals surface area (Å²) in [6.45, 7) is 0. The summed E-state index contributed by atoms with van der Waals surface area (Å²) in [7, 11) is 13.3. The first kappa shape index (κ1) is 69.5. The van der Waals surface area contributed by atoms with Gasteiger partial charge in [-0.1, -0.05) is 12.1 Å². The Labute approximate surface area is 638 Å². The summed E-state index contributed by atoms with van der Waals surface area (Å²) >= 11 is 0. The Balaban J connectivity index is 0.00000904. The molecular weight excluding hydrogens is 1420 g/mol. The summed E-state index contributed by atoms with van der Waals surface area (Å²) in [4.78, 5) is 52.8. The van der Waals surface area contributed by atoms with Gasteiger partial charge in [0.2, 0.25) is 0 Å². The monoisotopic (exact) mass is 1480 g/mol. The maximum Gasteiger partial charge on any atom is 2.00 e. The van der Waals surface area contributed by atoms with Crippen LogP contribution in [-0.4, -0.2) is 86.8 Å². The van der Waals surface area contributed by atoms with Crippen molar-refractivity contribution >= 4 is 112 Å². The number of ether oxygens (including phenoxy) is 8. The molecule has 5 heterocycles. The third kappa shape index (κ3) is 13.2. The van der Waals surface area contributed by atoms with E-state index in [-0.39, 0.29) is 17.1 Å². The fraction of sp³-hybridized carbons (Fsp3) is 0.0909. The molecule has 109 heavy (non-hydrogen) atoms. The number of rotatable bonds is 20. The van der Waals surface area contributed by atoms with Gasteiger partial charge in [-0.2, -0.15) is 0 Å². The van der Waals surface area contributed by atoms with Crippen LogP contribution >= 0.6 is 0 Å². The minimum absolute atomic E-state index is 0.